The Morgan fingerprint density at radius 2 is 1.94 bits per heavy atom. The number of aliphatic hydroxyl groups is 1. The molecule has 1 atom stereocenters. The van der Waals surface area contributed by atoms with Gasteiger partial charge in [0.1, 0.15) is 6.10 Å². The molecule has 0 aliphatic heterocycles. The molecule has 1 aromatic heterocycles. The Morgan fingerprint density at radius 1 is 1.19 bits per heavy atom. The zero-order valence-corrected chi connectivity index (χ0v) is 10.5. The summed E-state index contributed by atoms with van der Waals surface area (Å²) < 4.78 is 0.908. The zero-order chi connectivity index (χ0) is 11.5. The fourth-order valence-corrected chi connectivity index (χ4v) is 2.13. The minimum atomic E-state index is -0.635. The van der Waals surface area contributed by atoms with Crippen LogP contribution in [-0.4, -0.2) is 10.1 Å². The summed E-state index contributed by atoms with van der Waals surface area (Å²) in [6.07, 6.45) is 2.80. The van der Waals surface area contributed by atoms with Crippen LogP contribution in [0.15, 0.2) is 47.2 Å². The first-order valence-corrected chi connectivity index (χ1v) is 5.82. The van der Waals surface area contributed by atoms with Crippen molar-refractivity contribution >= 4 is 15.9 Å². The van der Waals surface area contributed by atoms with Crippen molar-refractivity contribution in [1.82, 2.24) is 4.98 Å². The predicted octanol–water partition coefficient (Wildman–Crippen LogP) is 3.23. The van der Waals surface area contributed by atoms with Crippen LogP contribution in [0.1, 0.15) is 22.8 Å². The number of pyridine rings is 1. The molecular formula is C13H12BrNO. The molecule has 0 aliphatic carbocycles. The van der Waals surface area contributed by atoms with Crippen molar-refractivity contribution < 1.29 is 5.11 Å². The van der Waals surface area contributed by atoms with Gasteiger partial charge in [-0.1, -0.05) is 34.1 Å². The molecule has 16 heavy (non-hydrogen) atoms. The van der Waals surface area contributed by atoms with E-state index in [-0.39, 0.29) is 0 Å². The summed E-state index contributed by atoms with van der Waals surface area (Å²) in [7, 11) is 0. The van der Waals surface area contributed by atoms with Gasteiger partial charge in [0, 0.05) is 22.4 Å². The topological polar surface area (TPSA) is 33.1 Å². The van der Waals surface area contributed by atoms with Gasteiger partial charge < -0.3 is 5.11 Å². The van der Waals surface area contributed by atoms with E-state index in [4.69, 9.17) is 0 Å². The average molecular weight is 278 g/mol. The van der Waals surface area contributed by atoms with Gasteiger partial charge in [0.2, 0.25) is 0 Å². The Morgan fingerprint density at radius 3 is 2.62 bits per heavy atom. The Bertz CT molecular complexity index is 453. The van der Waals surface area contributed by atoms with Gasteiger partial charge in [-0.2, -0.15) is 0 Å². The lowest BCUT2D eigenvalue weighted by Crippen LogP contribution is -2.03. The van der Waals surface area contributed by atoms with Crippen molar-refractivity contribution in [3.63, 3.8) is 0 Å². The fourth-order valence-electron chi connectivity index (χ4n) is 1.63. The Hall–Kier alpha value is -1.19. The fraction of sp³-hybridized carbons (Fsp3) is 0.154. The number of nitrogens with zero attached hydrogens (tertiary/aromatic N) is 1. The molecule has 2 aromatic rings. The molecule has 1 unspecified atom stereocenters. The van der Waals surface area contributed by atoms with Crippen LogP contribution in [0, 0.1) is 6.92 Å². The number of aromatic nitrogens is 1. The van der Waals surface area contributed by atoms with Gasteiger partial charge >= 0.3 is 0 Å². The lowest BCUT2D eigenvalue weighted by Gasteiger charge is -2.14. The Kier molecular flexibility index (Phi) is 3.36. The molecule has 0 radical (unpaired) electrons. The van der Waals surface area contributed by atoms with Crippen molar-refractivity contribution in [3.05, 3.63) is 63.9 Å². The smallest absolute Gasteiger partial charge is 0.107 e. The van der Waals surface area contributed by atoms with Gasteiger partial charge in [-0.3, -0.25) is 4.98 Å². The maximum atomic E-state index is 10.3. The molecule has 2 rings (SSSR count). The molecule has 1 aromatic carbocycles. The standard InChI is InChI=1S/C13H12BrNO/c1-9-6-7-15-8-11(9)13(16)10-4-2-3-5-12(10)14/h2-8,13,16H,1H3. The van der Waals surface area contributed by atoms with Crippen LogP contribution in [-0.2, 0) is 0 Å². The van der Waals surface area contributed by atoms with E-state index >= 15 is 0 Å². The molecule has 0 spiro atoms. The summed E-state index contributed by atoms with van der Waals surface area (Å²) in [5.74, 6) is 0. The highest BCUT2D eigenvalue weighted by molar-refractivity contribution is 9.10. The van der Waals surface area contributed by atoms with E-state index in [0.717, 1.165) is 21.2 Å². The first-order chi connectivity index (χ1) is 7.70. The minimum Gasteiger partial charge on any atom is -0.384 e. The zero-order valence-electron chi connectivity index (χ0n) is 8.89. The number of halogens is 1. The predicted molar refractivity (Wildman–Crippen MR) is 67.2 cm³/mol. The summed E-state index contributed by atoms with van der Waals surface area (Å²) in [6.45, 7) is 1.97. The van der Waals surface area contributed by atoms with Crippen molar-refractivity contribution in [2.24, 2.45) is 0 Å². The summed E-state index contributed by atoms with van der Waals surface area (Å²) in [5, 5.41) is 10.3. The first kappa shape index (κ1) is 11.3. The molecule has 0 fully saturated rings. The lowest BCUT2D eigenvalue weighted by atomic mass is 10.00. The molecule has 3 heteroatoms. The van der Waals surface area contributed by atoms with Gasteiger partial charge in [0.05, 0.1) is 0 Å². The van der Waals surface area contributed by atoms with Gasteiger partial charge in [-0.25, -0.2) is 0 Å². The third-order valence-electron chi connectivity index (χ3n) is 2.57. The summed E-state index contributed by atoms with van der Waals surface area (Å²) in [5.41, 5.74) is 2.74. The van der Waals surface area contributed by atoms with Crippen LogP contribution in [0.3, 0.4) is 0 Å². The maximum Gasteiger partial charge on any atom is 0.107 e. The van der Waals surface area contributed by atoms with Gasteiger partial charge in [-0.05, 0) is 30.2 Å². The van der Waals surface area contributed by atoms with Crippen LogP contribution in [0.2, 0.25) is 0 Å². The van der Waals surface area contributed by atoms with E-state index in [1.807, 2.05) is 37.3 Å². The molecule has 0 bridgehead atoms. The summed E-state index contributed by atoms with van der Waals surface area (Å²) >= 11 is 3.44. The second-order valence-electron chi connectivity index (χ2n) is 3.66. The third-order valence-corrected chi connectivity index (χ3v) is 3.30. The van der Waals surface area contributed by atoms with Crippen LogP contribution in [0.25, 0.3) is 0 Å². The van der Waals surface area contributed by atoms with E-state index in [1.54, 1.807) is 12.4 Å². The number of rotatable bonds is 2. The molecule has 0 aliphatic rings. The number of aliphatic hydroxyl groups excluding tert-OH is 1. The van der Waals surface area contributed by atoms with Crippen LogP contribution >= 0.6 is 15.9 Å². The third kappa shape index (κ3) is 2.15. The normalized spacial score (nSPS) is 12.4. The summed E-state index contributed by atoms with van der Waals surface area (Å²) in [6, 6.07) is 9.56. The van der Waals surface area contributed by atoms with E-state index in [2.05, 4.69) is 20.9 Å². The van der Waals surface area contributed by atoms with Gasteiger partial charge in [0.15, 0.2) is 0 Å². The molecule has 0 saturated heterocycles. The molecule has 1 heterocycles. The SMILES string of the molecule is Cc1ccncc1C(O)c1ccccc1Br. The number of hydrogen-bond donors (Lipinski definition) is 1. The molecule has 0 amide bonds. The van der Waals surface area contributed by atoms with Gasteiger partial charge in [-0.15, -0.1) is 0 Å². The Labute approximate surface area is 103 Å². The Balaban J connectivity index is 2.44. The van der Waals surface area contributed by atoms with Crippen molar-refractivity contribution in [2.45, 2.75) is 13.0 Å². The van der Waals surface area contributed by atoms with Crippen LogP contribution in [0.4, 0.5) is 0 Å². The highest BCUT2D eigenvalue weighted by Gasteiger charge is 2.14. The lowest BCUT2D eigenvalue weighted by molar-refractivity contribution is 0.218. The second-order valence-corrected chi connectivity index (χ2v) is 4.51. The minimum absolute atomic E-state index is 0.635. The highest BCUT2D eigenvalue weighted by atomic mass is 79.9. The van der Waals surface area contributed by atoms with Crippen molar-refractivity contribution in [3.8, 4) is 0 Å². The van der Waals surface area contributed by atoms with E-state index in [0.29, 0.717) is 0 Å². The largest absolute Gasteiger partial charge is 0.384 e. The van der Waals surface area contributed by atoms with E-state index < -0.39 is 6.10 Å². The maximum absolute atomic E-state index is 10.3. The second kappa shape index (κ2) is 4.76. The van der Waals surface area contributed by atoms with Crippen molar-refractivity contribution in [2.75, 3.05) is 0 Å². The number of benzene rings is 1. The molecule has 2 nitrogen and oxygen atoms in total. The summed E-state index contributed by atoms with van der Waals surface area (Å²) in [4.78, 5) is 4.05. The first-order valence-electron chi connectivity index (χ1n) is 5.03. The van der Waals surface area contributed by atoms with E-state index in [1.165, 1.54) is 0 Å². The number of aryl methyl sites for hydroxylation is 1. The van der Waals surface area contributed by atoms with E-state index in [9.17, 15) is 5.11 Å². The highest BCUT2D eigenvalue weighted by Crippen LogP contribution is 2.29. The molecule has 1 N–H and O–H groups in total. The van der Waals surface area contributed by atoms with Crippen LogP contribution in [0.5, 0.6) is 0 Å². The quantitative estimate of drug-likeness (QED) is 0.914. The average Bonchev–Trinajstić information content (AvgIpc) is 2.29. The molecule has 0 saturated carbocycles. The monoisotopic (exact) mass is 277 g/mol. The van der Waals surface area contributed by atoms with Gasteiger partial charge in [0.25, 0.3) is 0 Å². The van der Waals surface area contributed by atoms with Crippen molar-refractivity contribution in [1.29, 1.82) is 0 Å². The number of hydrogen-bond acceptors (Lipinski definition) is 2. The molecule has 82 valence electrons. The van der Waals surface area contributed by atoms with Crippen LogP contribution < -0.4 is 0 Å². The molecular weight excluding hydrogens is 266 g/mol.